The van der Waals surface area contributed by atoms with Crippen molar-refractivity contribution in [3.8, 4) is 0 Å². The number of rotatable bonds is 6. The van der Waals surface area contributed by atoms with E-state index in [-0.39, 0.29) is 6.61 Å². The van der Waals surface area contributed by atoms with Crippen molar-refractivity contribution in [2.75, 3.05) is 24.7 Å². The molecule has 0 spiro atoms. The minimum absolute atomic E-state index is 0.250. The summed E-state index contributed by atoms with van der Waals surface area (Å²) in [6, 6.07) is 21.1. The molecule has 0 saturated carbocycles. The van der Waals surface area contributed by atoms with Crippen LogP contribution in [0.25, 0.3) is 0 Å². The fraction of sp³-hybridized carbons (Fsp3) is 0.242. The largest absolute Gasteiger partial charge is 0.397 e. The number of allylic oxidation sites excluding steroid dienone is 1. The predicted octanol–water partition coefficient (Wildman–Crippen LogP) is 6.43. The Morgan fingerprint density at radius 1 is 1.05 bits per heavy atom. The lowest BCUT2D eigenvalue weighted by Gasteiger charge is -2.30. The molecule has 2 aliphatic rings. The molecule has 41 heavy (non-hydrogen) atoms. The number of hydrogen-bond donors (Lipinski definition) is 2. The number of hydrogen-bond acceptors (Lipinski definition) is 4. The molecule has 8 heteroatoms. The zero-order valence-corrected chi connectivity index (χ0v) is 24.6. The van der Waals surface area contributed by atoms with Gasteiger partial charge >= 0.3 is 0 Å². The second-order valence-corrected chi connectivity index (χ2v) is 11.8. The lowest BCUT2D eigenvalue weighted by atomic mass is 10.0. The van der Waals surface area contributed by atoms with Crippen molar-refractivity contribution in [2.45, 2.75) is 38.0 Å². The summed E-state index contributed by atoms with van der Waals surface area (Å²) >= 11 is 0. The highest BCUT2D eigenvalue weighted by molar-refractivity contribution is 7.98. The molecule has 5 rings (SSSR count). The molecule has 2 N–H and O–H groups in total. The number of benzene rings is 3. The number of aliphatic hydroxyl groups is 1. The van der Waals surface area contributed by atoms with Crippen molar-refractivity contribution < 1.29 is 18.1 Å². The highest BCUT2D eigenvalue weighted by Gasteiger charge is 2.33. The molecular formula is C33H39F2N3O2S. The Hall–Kier alpha value is -3.72. The van der Waals surface area contributed by atoms with Gasteiger partial charge in [0.1, 0.15) is 11.6 Å². The van der Waals surface area contributed by atoms with E-state index in [0.717, 1.165) is 40.7 Å². The fourth-order valence-electron chi connectivity index (χ4n) is 4.53. The van der Waals surface area contributed by atoms with Crippen LogP contribution in [0.3, 0.4) is 0 Å². The Labute approximate surface area is 243 Å². The first kappa shape index (κ1) is 31.8. The van der Waals surface area contributed by atoms with E-state index in [1.807, 2.05) is 70.8 Å². The van der Waals surface area contributed by atoms with Gasteiger partial charge in [0.15, 0.2) is 0 Å². The van der Waals surface area contributed by atoms with Crippen molar-refractivity contribution >= 4 is 21.3 Å². The maximum absolute atomic E-state index is 13.9. The smallest absolute Gasteiger partial charge is 0.129 e. The molecule has 0 radical (unpaired) electrons. The van der Waals surface area contributed by atoms with Gasteiger partial charge in [-0.2, -0.15) is 0 Å². The second kappa shape index (κ2) is 14.8. The molecule has 0 amide bonds. The van der Waals surface area contributed by atoms with Crippen molar-refractivity contribution in [3.05, 3.63) is 132 Å². The summed E-state index contributed by atoms with van der Waals surface area (Å²) in [5.74, 6) is 3.00. The highest BCUT2D eigenvalue weighted by atomic mass is 32.2. The molecule has 1 atom stereocenters. The quantitative estimate of drug-likeness (QED) is 0.261. The number of para-hydroxylation sites is 1. The van der Waals surface area contributed by atoms with E-state index in [0.29, 0.717) is 36.4 Å². The average Bonchev–Trinajstić information content (AvgIpc) is 3.30. The summed E-state index contributed by atoms with van der Waals surface area (Å²) in [4.78, 5) is 0.662. The van der Waals surface area contributed by atoms with Crippen LogP contribution in [0.2, 0.25) is 0 Å². The topological polar surface area (TPSA) is 55.8 Å². The summed E-state index contributed by atoms with van der Waals surface area (Å²) < 4.78 is 42.8. The lowest BCUT2D eigenvalue weighted by Crippen LogP contribution is -2.37. The van der Waals surface area contributed by atoms with Gasteiger partial charge in [0, 0.05) is 48.3 Å². The third-order valence-corrected chi connectivity index (χ3v) is 8.75. The molecule has 3 aromatic carbocycles. The van der Waals surface area contributed by atoms with E-state index in [9.17, 15) is 13.0 Å². The SMILES string of the molecule is C=C1C2=C(CCN(S(=C)(=O)c3ccc(CCc4ccc(F)cc4F)cc3)C2)NN1c1ccccc1.C=CC.CCO. The molecule has 0 saturated heterocycles. The molecule has 2 aliphatic heterocycles. The molecule has 0 bridgehead atoms. The van der Waals surface area contributed by atoms with Crippen LogP contribution in [-0.2, 0) is 22.5 Å². The Kier molecular flexibility index (Phi) is 11.5. The predicted molar refractivity (Wildman–Crippen MR) is 167 cm³/mol. The van der Waals surface area contributed by atoms with Gasteiger partial charge < -0.3 is 5.11 Å². The number of halogens is 2. The molecule has 3 aromatic rings. The molecule has 5 nitrogen and oxygen atoms in total. The number of aryl methyl sites for hydroxylation is 2. The summed E-state index contributed by atoms with van der Waals surface area (Å²) in [5.41, 5.74) is 8.92. The van der Waals surface area contributed by atoms with Gasteiger partial charge in [-0.05, 0) is 74.0 Å². The minimum atomic E-state index is -2.69. The number of nitrogens with zero attached hydrogens (tertiary/aromatic N) is 2. The second-order valence-electron chi connectivity index (χ2n) is 9.54. The average molecular weight is 580 g/mol. The van der Waals surface area contributed by atoms with Crippen molar-refractivity contribution in [3.63, 3.8) is 0 Å². The Morgan fingerprint density at radius 3 is 2.29 bits per heavy atom. The number of aliphatic hydroxyl groups excluding tert-OH is 1. The summed E-state index contributed by atoms with van der Waals surface area (Å²) in [6.45, 7) is 12.6. The Bertz CT molecular complexity index is 1470. The van der Waals surface area contributed by atoms with Gasteiger partial charge in [0.2, 0.25) is 0 Å². The first-order valence-corrected chi connectivity index (χ1v) is 15.2. The first-order valence-electron chi connectivity index (χ1n) is 13.5. The van der Waals surface area contributed by atoms with Crippen LogP contribution in [0.15, 0.2) is 114 Å². The molecule has 0 aliphatic carbocycles. The van der Waals surface area contributed by atoms with Gasteiger partial charge in [-0.3, -0.25) is 10.4 Å². The van der Waals surface area contributed by atoms with Gasteiger partial charge in [-0.1, -0.05) is 49.1 Å². The van der Waals surface area contributed by atoms with E-state index < -0.39 is 21.3 Å². The fourth-order valence-corrected chi connectivity index (χ4v) is 6.12. The molecule has 1 unspecified atom stereocenters. The molecule has 218 valence electrons. The monoisotopic (exact) mass is 579 g/mol. The highest BCUT2D eigenvalue weighted by Crippen LogP contribution is 2.34. The summed E-state index contributed by atoms with van der Waals surface area (Å²) in [7, 11) is -2.69. The number of hydrazine groups is 1. The first-order chi connectivity index (χ1) is 19.7. The summed E-state index contributed by atoms with van der Waals surface area (Å²) in [6.07, 6.45) is 3.54. The van der Waals surface area contributed by atoms with Crippen LogP contribution >= 0.6 is 0 Å². The maximum atomic E-state index is 13.9. The van der Waals surface area contributed by atoms with E-state index in [1.54, 1.807) is 13.0 Å². The third kappa shape index (κ3) is 7.94. The van der Waals surface area contributed by atoms with Crippen molar-refractivity contribution in [2.24, 2.45) is 0 Å². The van der Waals surface area contributed by atoms with Crippen LogP contribution in [-0.4, -0.2) is 39.2 Å². The van der Waals surface area contributed by atoms with E-state index >= 15 is 0 Å². The van der Waals surface area contributed by atoms with E-state index in [1.165, 1.54) is 12.1 Å². The maximum Gasteiger partial charge on any atom is 0.129 e. The lowest BCUT2D eigenvalue weighted by molar-refractivity contribution is 0.318. The van der Waals surface area contributed by atoms with Crippen LogP contribution in [0.5, 0.6) is 0 Å². The number of anilines is 1. The van der Waals surface area contributed by atoms with Crippen molar-refractivity contribution in [1.29, 1.82) is 0 Å². The van der Waals surface area contributed by atoms with Crippen LogP contribution in [0, 0.1) is 11.6 Å². The molecule has 0 fully saturated rings. The zero-order chi connectivity index (χ0) is 30.0. The van der Waals surface area contributed by atoms with Crippen LogP contribution < -0.4 is 10.4 Å². The molecular weight excluding hydrogens is 540 g/mol. The van der Waals surface area contributed by atoms with Crippen LogP contribution in [0.4, 0.5) is 14.5 Å². The number of nitrogens with one attached hydrogen (secondary N) is 1. The van der Waals surface area contributed by atoms with Crippen molar-refractivity contribution in [1.82, 2.24) is 9.73 Å². The van der Waals surface area contributed by atoms with Crippen LogP contribution in [0.1, 0.15) is 31.4 Å². The Morgan fingerprint density at radius 2 is 1.68 bits per heavy atom. The van der Waals surface area contributed by atoms with E-state index in [2.05, 4.69) is 24.5 Å². The standard InChI is InChI=1S/C28H27F2N3OS.C3H6.C2H6O/c1-20-26-19-32(17-16-28(26)31-33(20)24-6-4-3-5-7-24)35(2,34)25-14-9-21(10-15-25)8-11-22-12-13-23(29)18-27(22)30;1-3-2;1-2-3/h3-7,9-10,12-15,18,31H,1-2,8,11,16-17,19H2;3H,1H2,2H3;3H,2H2,1H3. The van der Waals surface area contributed by atoms with Gasteiger partial charge in [0.25, 0.3) is 0 Å². The minimum Gasteiger partial charge on any atom is -0.397 e. The third-order valence-electron chi connectivity index (χ3n) is 6.60. The van der Waals surface area contributed by atoms with Gasteiger partial charge in [0.05, 0.1) is 21.1 Å². The van der Waals surface area contributed by atoms with Gasteiger partial charge in [-0.15, -0.1) is 6.58 Å². The normalized spacial score (nSPS) is 15.9. The van der Waals surface area contributed by atoms with Gasteiger partial charge in [-0.25, -0.2) is 17.3 Å². The Balaban J connectivity index is 0.000000710. The molecule has 2 heterocycles. The summed E-state index contributed by atoms with van der Waals surface area (Å²) in [5, 5.41) is 9.54. The van der Waals surface area contributed by atoms with E-state index in [4.69, 9.17) is 5.11 Å². The molecule has 0 aromatic heterocycles. The zero-order valence-electron chi connectivity index (χ0n) is 23.8.